The molecule has 20 heavy (non-hydrogen) atoms. The smallest absolute Gasteiger partial charge is 0.339 e. The first-order valence-corrected chi connectivity index (χ1v) is 5.42. The molecule has 0 atom stereocenters. The molecule has 1 heterocycles. The minimum absolute atomic E-state index is 0.0505. The van der Waals surface area contributed by atoms with Gasteiger partial charge in [-0.1, -0.05) is 5.11 Å². The van der Waals surface area contributed by atoms with Crippen LogP contribution in [0.2, 0.25) is 0 Å². The molecule has 7 nitrogen and oxygen atoms in total. The second-order valence-corrected chi connectivity index (χ2v) is 3.71. The molecule has 0 aliphatic carbocycles. The molecule has 0 saturated carbocycles. The molecule has 102 valence electrons. The maximum absolute atomic E-state index is 13.6. The lowest BCUT2D eigenvalue weighted by Gasteiger charge is -2.09. The zero-order valence-electron chi connectivity index (χ0n) is 10.6. The molecule has 0 unspecified atom stereocenters. The number of rotatable bonds is 3. The first-order chi connectivity index (χ1) is 9.62. The Balaban J connectivity index is 2.91. The predicted octanol–water partition coefficient (Wildman–Crippen LogP) is 3.11. The summed E-state index contributed by atoms with van der Waals surface area (Å²) >= 11 is 0. The van der Waals surface area contributed by atoms with Crippen LogP contribution in [-0.2, 0) is 4.74 Å². The van der Waals surface area contributed by atoms with Gasteiger partial charge in [0, 0.05) is 22.6 Å². The van der Waals surface area contributed by atoms with E-state index in [1.807, 2.05) is 0 Å². The van der Waals surface area contributed by atoms with Gasteiger partial charge in [0.2, 0.25) is 0 Å². The monoisotopic (exact) mass is 276 g/mol. The SMILES string of the molecule is COC(=O)c1cnc2c(OC)cc(F)cc2c1N=[N+]=[N-]. The van der Waals surface area contributed by atoms with E-state index >= 15 is 0 Å². The Bertz CT molecular complexity index is 741. The summed E-state index contributed by atoms with van der Waals surface area (Å²) < 4.78 is 23.1. The highest BCUT2D eigenvalue weighted by Gasteiger charge is 2.17. The van der Waals surface area contributed by atoms with Gasteiger partial charge in [-0.05, 0) is 11.6 Å². The van der Waals surface area contributed by atoms with Crippen LogP contribution in [0, 0.1) is 5.82 Å². The first-order valence-electron chi connectivity index (χ1n) is 5.42. The van der Waals surface area contributed by atoms with E-state index in [-0.39, 0.29) is 27.9 Å². The Morgan fingerprint density at radius 2 is 2.20 bits per heavy atom. The van der Waals surface area contributed by atoms with Crippen molar-refractivity contribution in [1.82, 2.24) is 4.98 Å². The van der Waals surface area contributed by atoms with Crippen LogP contribution in [0.1, 0.15) is 10.4 Å². The van der Waals surface area contributed by atoms with Crippen LogP contribution in [-0.4, -0.2) is 25.2 Å². The van der Waals surface area contributed by atoms with Gasteiger partial charge < -0.3 is 9.47 Å². The van der Waals surface area contributed by atoms with E-state index in [0.29, 0.717) is 0 Å². The molecule has 0 fully saturated rings. The van der Waals surface area contributed by atoms with Gasteiger partial charge >= 0.3 is 5.97 Å². The van der Waals surface area contributed by atoms with Crippen LogP contribution < -0.4 is 4.74 Å². The van der Waals surface area contributed by atoms with Gasteiger partial charge in [-0.25, -0.2) is 9.18 Å². The van der Waals surface area contributed by atoms with Gasteiger partial charge in [-0.3, -0.25) is 4.98 Å². The number of azide groups is 1. The molecule has 0 aliphatic heterocycles. The van der Waals surface area contributed by atoms with E-state index in [0.717, 1.165) is 12.1 Å². The van der Waals surface area contributed by atoms with E-state index in [1.165, 1.54) is 20.4 Å². The molecule has 0 spiro atoms. The van der Waals surface area contributed by atoms with E-state index < -0.39 is 11.8 Å². The second-order valence-electron chi connectivity index (χ2n) is 3.71. The van der Waals surface area contributed by atoms with E-state index in [4.69, 9.17) is 10.3 Å². The predicted molar refractivity (Wildman–Crippen MR) is 68.4 cm³/mol. The van der Waals surface area contributed by atoms with E-state index in [2.05, 4.69) is 19.7 Å². The third kappa shape index (κ3) is 2.19. The number of hydrogen-bond acceptors (Lipinski definition) is 5. The topological polar surface area (TPSA) is 97.2 Å². The zero-order chi connectivity index (χ0) is 14.7. The molecule has 0 N–H and O–H groups in total. The van der Waals surface area contributed by atoms with Crippen LogP contribution in [0.25, 0.3) is 21.3 Å². The van der Waals surface area contributed by atoms with Crippen molar-refractivity contribution < 1.29 is 18.7 Å². The van der Waals surface area contributed by atoms with Gasteiger partial charge in [0.15, 0.2) is 0 Å². The number of benzene rings is 1. The Labute approximate surface area is 112 Å². The molecule has 2 rings (SSSR count). The summed E-state index contributed by atoms with van der Waals surface area (Å²) in [7, 11) is 2.54. The van der Waals surface area contributed by atoms with E-state index in [1.54, 1.807) is 0 Å². The summed E-state index contributed by atoms with van der Waals surface area (Å²) in [6.07, 6.45) is 1.19. The summed E-state index contributed by atoms with van der Waals surface area (Å²) in [5.41, 5.74) is 8.79. The zero-order valence-corrected chi connectivity index (χ0v) is 10.6. The Hall–Kier alpha value is -2.86. The Morgan fingerprint density at radius 3 is 2.80 bits per heavy atom. The van der Waals surface area contributed by atoms with Crippen molar-refractivity contribution in [1.29, 1.82) is 0 Å². The average molecular weight is 276 g/mol. The largest absolute Gasteiger partial charge is 0.494 e. The number of ether oxygens (including phenoxy) is 2. The molecule has 1 aromatic heterocycles. The first kappa shape index (κ1) is 13.6. The number of aromatic nitrogens is 1. The van der Waals surface area contributed by atoms with Crippen molar-refractivity contribution in [3.63, 3.8) is 0 Å². The number of carbonyl (C=O) groups is 1. The fourth-order valence-electron chi connectivity index (χ4n) is 1.79. The summed E-state index contributed by atoms with van der Waals surface area (Å²) in [6.45, 7) is 0. The maximum atomic E-state index is 13.6. The van der Waals surface area contributed by atoms with Crippen molar-refractivity contribution >= 4 is 22.6 Å². The number of halogens is 1. The molecule has 0 bridgehead atoms. The Kier molecular flexibility index (Phi) is 3.67. The normalized spacial score (nSPS) is 9.95. The van der Waals surface area contributed by atoms with Crippen LogP contribution in [0.4, 0.5) is 10.1 Å². The van der Waals surface area contributed by atoms with Gasteiger partial charge in [0.25, 0.3) is 0 Å². The third-order valence-electron chi connectivity index (χ3n) is 2.64. The minimum Gasteiger partial charge on any atom is -0.494 e. The standard InChI is InChI=1S/C12H9FN4O3/c1-19-9-4-6(13)3-7-10(16-17-14)8(12(18)20-2)5-15-11(7)9/h3-5H,1-2H3. The fourth-order valence-corrected chi connectivity index (χ4v) is 1.79. The molecular formula is C12H9FN4O3. The van der Waals surface area contributed by atoms with Gasteiger partial charge in [0.1, 0.15) is 17.1 Å². The third-order valence-corrected chi connectivity index (χ3v) is 2.64. The lowest BCUT2D eigenvalue weighted by Crippen LogP contribution is -2.03. The van der Waals surface area contributed by atoms with Crippen LogP contribution in [0.3, 0.4) is 0 Å². The lowest BCUT2D eigenvalue weighted by molar-refractivity contribution is 0.0601. The minimum atomic E-state index is -0.731. The number of pyridine rings is 1. The fraction of sp³-hybridized carbons (Fsp3) is 0.167. The number of esters is 1. The number of nitrogens with zero attached hydrogens (tertiary/aromatic N) is 4. The van der Waals surface area contributed by atoms with Crippen LogP contribution in [0.5, 0.6) is 5.75 Å². The number of fused-ring (bicyclic) bond motifs is 1. The summed E-state index contributed by atoms with van der Waals surface area (Å²) in [6, 6.07) is 2.26. The highest BCUT2D eigenvalue weighted by molar-refractivity contribution is 6.04. The summed E-state index contributed by atoms with van der Waals surface area (Å²) in [4.78, 5) is 18.3. The number of carbonyl (C=O) groups excluding carboxylic acids is 1. The Morgan fingerprint density at radius 1 is 1.45 bits per heavy atom. The van der Waals surface area contributed by atoms with Crippen molar-refractivity contribution in [2.75, 3.05) is 14.2 Å². The quantitative estimate of drug-likeness (QED) is 0.372. The van der Waals surface area contributed by atoms with Crippen LogP contribution in [0.15, 0.2) is 23.4 Å². The van der Waals surface area contributed by atoms with Crippen molar-refractivity contribution in [2.24, 2.45) is 5.11 Å². The molecule has 0 radical (unpaired) electrons. The number of hydrogen-bond donors (Lipinski definition) is 0. The summed E-state index contributed by atoms with van der Waals surface area (Å²) in [5.74, 6) is -1.16. The molecule has 0 amide bonds. The molecule has 2 aromatic rings. The second kappa shape index (κ2) is 5.41. The molecule has 1 aromatic carbocycles. The summed E-state index contributed by atoms with van der Waals surface area (Å²) in [5, 5.41) is 3.61. The molecule has 0 saturated heterocycles. The van der Waals surface area contributed by atoms with E-state index in [9.17, 15) is 9.18 Å². The lowest BCUT2D eigenvalue weighted by atomic mass is 10.1. The highest BCUT2D eigenvalue weighted by atomic mass is 19.1. The molecule has 8 heteroatoms. The van der Waals surface area contributed by atoms with Crippen molar-refractivity contribution in [3.05, 3.63) is 40.2 Å². The van der Waals surface area contributed by atoms with Gasteiger partial charge in [-0.15, -0.1) is 0 Å². The highest BCUT2D eigenvalue weighted by Crippen LogP contribution is 2.34. The van der Waals surface area contributed by atoms with Crippen molar-refractivity contribution in [3.8, 4) is 5.75 Å². The van der Waals surface area contributed by atoms with Crippen LogP contribution >= 0.6 is 0 Å². The van der Waals surface area contributed by atoms with Crippen molar-refractivity contribution in [2.45, 2.75) is 0 Å². The molecular weight excluding hydrogens is 267 g/mol. The number of methoxy groups -OCH3 is 2. The average Bonchev–Trinajstić information content (AvgIpc) is 2.46. The molecule has 0 aliphatic rings. The maximum Gasteiger partial charge on any atom is 0.339 e. The van der Waals surface area contributed by atoms with Gasteiger partial charge in [0.05, 0.1) is 25.5 Å². The van der Waals surface area contributed by atoms with Gasteiger partial charge in [-0.2, -0.15) is 0 Å².